The average Bonchev–Trinajstić information content (AvgIpc) is 3.18. The minimum absolute atomic E-state index is 0.111. The maximum absolute atomic E-state index is 12.1. The lowest BCUT2D eigenvalue weighted by Gasteiger charge is -2.45. The molecule has 3 atom stereocenters. The molecule has 0 radical (unpaired) electrons. The number of nitrogens with zero attached hydrogens (tertiary/aromatic N) is 4. The molecule has 1 aliphatic heterocycles. The number of ether oxygens (including phenoxy) is 1. The molecular weight excluding hydrogens is 440 g/mol. The van der Waals surface area contributed by atoms with Gasteiger partial charge in [0.15, 0.2) is 5.82 Å². The summed E-state index contributed by atoms with van der Waals surface area (Å²) in [6, 6.07) is 7.83. The Bertz CT molecular complexity index is 1000. The van der Waals surface area contributed by atoms with Crippen molar-refractivity contribution in [2.45, 2.75) is 38.3 Å². The van der Waals surface area contributed by atoms with Crippen LogP contribution >= 0.6 is 11.6 Å². The van der Waals surface area contributed by atoms with Gasteiger partial charge in [-0.1, -0.05) is 18.5 Å². The lowest BCUT2D eigenvalue weighted by Crippen LogP contribution is -2.51. The van der Waals surface area contributed by atoms with Crippen molar-refractivity contribution < 1.29 is 9.53 Å². The summed E-state index contributed by atoms with van der Waals surface area (Å²) < 4.78 is 7.32. The van der Waals surface area contributed by atoms with E-state index in [-0.39, 0.29) is 17.4 Å². The van der Waals surface area contributed by atoms with Gasteiger partial charge in [-0.2, -0.15) is 5.10 Å². The van der Waals surface area contributed by atoms with E-state index >= 15 is 0 Å². The maximum Gasteiger partial charge on any atom is 0.254 e. The Morgan fingerprint density at radius 2 is 2.12 bits per heavy atom. The second-order valence-corrected chi connectivity index (χ2v) is 10.1. The second kappa shape index (κ2) is 9.83. The SMILES string of the molecule is CN=C[C@H]1C[C@@H](N(C)CC2(C)COC2)CCC1n1cc(C(N)=O)c(Nc2ccc(Cl)cc2)n1. The van der Waals surface area contributed by atoms with Gasteiger partial charge in [0, 0.05) is 54.1 Å². The molecule has 2 aromatic rings. The number of hydrogen-bond donors (Lipinski definition) is 2. The van der Waals surface area contributed by atoms with Crippen molar-refractivity contribution in [2.75, 3.05) is 39.2 Å². The van der Waals surface area contributed by atoms with Gasteiger partial charge in [-0.3, -0.25) is 9.48 Å². The molecule has 2 aliphatic rings. The van der Waals surface area contributed by atoms with E-state index in [1.807, 2.05) is 30.1 Å². The molecule has 1 saturated heterocycles. The number of rotatable bonds is 8. The number of aromatic nitrogens is 2. The van der Waals surface area contributed by atoms with Crippen LogP contribution in [0.25, 0.3) is 0 Å². The van der Waals surface area contributed by atoms with Crippen LogP contribution in [0.3, 0.4) is 0 Å². The summed E-state index contributed by atoms with van der Waals surface area (Å²) in [4.78, 5) is 19.0. The molecular formula is C24H33ClN6O2. The van der Waals surface area contributed by atoms with Gasteiger partial charge in [-0.25, -0.2) is 0 Å². The van der Waals surface area contributed by atoms with Crippen LogP contribution in [0.2, 0.25) is 5.02 Å². The van der Waals surface area contributed by atoms with Crippen LogP contribution in [0.5, 0.6) is 0 Å². The molecule has 1 aliphatic carbocycles. The fourth-order valence-corrected chi connectivity index (χ4v) is 5.15. The normalized spacial score (nSPS) is 24.7. The van der Waals surface area contributed by atoms with Crippen molar-refractivity contribution >= 4 is 35.2 Å². The third-order valence-corrected chi connectivity index (χ3v) is 7.03. The molecule has 178 valence electrons. The third kappa shape index (κ3) is 5.39. The standard InChI is InChI=1S/C24H33ClN6O2/c1-24(14-33-15-24)13-30(3)19-8-9-21(16(10-19)11-27-2)31-12-20(22(26)32)23(29-31)28-18-6-4-17(25)5-7-18/h4-7,11-12,16,19,21H,8-10,13-15H2,1-3H3,(H2,26,32)(H,28,29)/t16-,19+,21?/m1/s1. The van der Waals surface area contributed by atoms with Gasteiger partial charge in [0.05, 0.1) is 19.3 Å². The monoisotopic (exact) mass is 472 g/mol. The van der Waals surface area contributed by atoms with E-state index in [0.29, 0.717) is 22.4 Å². The molecule has 8 nitrogen and oxygen atoms in total. The molecule has 2 heterocycles. The highest BCUT2D eigenvalue weighted by atomic mass is 35.5. The molecule has 0 bridgehead atoms. The summed E-state index contributed by atoms with van der Waals surface area (Å²) in [5.74, 6) is 0.155. The summed E-state index contributed by atoms with van der Waals surface area (Å²) in [7, 11) is 4.02. The van der Waals surface area contributed by atoms with Crippen molar-refractivity contribution in [3.05, 3.63) is 41.0 Å². The van der Waals surface area contributed by atoms with E-state index in [9.17, 15) is 4.79 Å². The van der Waals surface area contributed by atoms with Crippen molar-refractivity contribution in [1.29, 1.82) is 0 Å². The Morgan fingerprint density at radius 1 is 1.39 bits per heavy atom. The Labute approximate surface area is 200 Å². The third-order valence-electron chi connectivity index (χ3n) is 6.77. The van der Waals surface area contributed by atoms with Crippen molar-refractivity contribution in [1.82, 2.24) is 14.7 Å². The van der Waals surface area contributed by atoms with Gasteiger partial charge in [0.1, 0.15) is 5.56 Å². The number of nitrogens with one attached hydrogen (secondary N) is 1. The van der Waals surface area contributed by atoms with Gasteiger partial charge in [0.2, 0.25) is 0 Å². The van der Waals surface area contributed by atoms with Gasteiger partial charge in [-0.05, 0) is 50.6 Å². The summed E-state index contributed by atoms with van der Waals surface area (Å²) in [6.07, 6.45) is 6.77. The zero-order chi connectivity index (χ0) is 23.6. The van der Waals surface area contributed by atoms with Crippen molar-refractivity contribution in [3.63, 3.8) is 0 Å². The minimum Gasteiger partial charge on any atom is -0.380 e. The number of nitrogens with two attached hydrogens (primary N) is 1. The molecule has 1 aromatic carbocycles. The largest absolute Gasteiger partial charge is 0.380 e. The highest BCUT2D eigenvalue weighted by Crippen LogP contribution is 2.37. The summed E-state index contributed by atoms with van der Waals surface area (Å²) in [5.41, 5.74) is 7.08. The van der Waals surface area contributed by atoms with Crippen LogP contribution in [0.15, 0.2) is 35.5 Å². The fraction of sp³-hybridized carbons (Fsp3) is 0.542. The first-order chi connectivity index (χ1) is 15.8. The van der Waals surface area contributed by atoms with E-state index in [4.69, 9.17) is 27.2 Å². The Hall–Kier alpha value is -2.42. The van der Waals surface area contributed by atoms with Crippen molar-refractivity contribution in [3.8, 4) is 0 Å². The predicted molar refractivity (Wildman–Crippen MR) is 132 cm³/mol. The van der Waals surface area contributed by atoms with Crippen LogP contribution in [-0.2, 0) is 4.74 Å². The quantitative estimate of drug-likeness (QED) is 0.570. The minimum atomic E-state index is -0.511. The molecule has 3 N–H and O–H groups in total. The zero-order valence-electron chi connectivity index (χ0n) is 19.5. The number of primary amides is 1. The molecule has 4 rings (SSSR count). The van der Waals surface area contributed by atoms with Crippen LogP contribution in [0, 0.1) is 11.3 Å². The average molecular weight is 473 g/mol. The Morgan fingerprint density at radius 3 is 2.73 bits per heavy atom. The van der Waals surface area contributed by atoms with Gasteiger partial charge < -0.3 is 25.7 Å². The Kier molecular flexibility index (Phi) is 7.07. The smallest absolute Gasteiger partial charge is 0.254 e. The van der Waals surface area contributed by atoms with E-state index in [1.54, 1.807) is 18.3 Å². The molecule has 33 heavy (non-hydrogen) atoms. The first-order valence-electron chi connectivity index (χ1n) is 11.4. The molecule has 2 fully saturated rings. The van der Waals surface area contributed by atoms with Gasteiger partial charge >= 0.3 is 0 Å². The van der Waals surface area contributed by atoms with Gasteiger partial charge in [0.25, 0.3) is 5.91 Å². The van der Waals surface area contributed by atoms with E-state index < -0.39 is 5.91 Å². The van der Waals surface area contributed by atoms with Gasteiger partial charge in [-0.15, -0.1) is 0 Å². The zero-order valence-corrected chi connectivity index (χ0v) is 20.3. The summed E-state index contributed by atoms with van der Waals surface area (Å²) in [6.45, 7) is 4.98. The summed E-state index contributed by atoms with van der Waals surface area (Å²) in [5, 5.41) is 8.59. The molecule has 9 heteroatoms. The number of hydrogen-bond acceptors (Lipinski definition) is 6. The molecule has 1 amide bonds. The number of benzene rings is 1. The second-order valence-electron chi connectivity index (χ2n) is 9.69. The van der Waals surface area contributed by atoms with Crippen LogP contribution < -0.4 is 11.1 Å². The molecule has 1 unspecified atom stereocenters. The first-order valence-corrected chi connectivity index (χ1v) is 11.8. The fourth-order valence-electron chi connectivity index (χ4n) is 5.02. The number of aliphatic imine (C=N–C) groups is 1. The summed E-state index contributed by atoms with van der Waals surface area (Å²) >= 11 is 5.98. The maximum atomic E-state index is 12.1. The van der Waals surface area contributed by atoms with Crippen LogP contribution in [0.1, 0.15) is 42.6 Å². The van der Waals surface area contributed by atoms with E-state index in [0.717, 1.165) is 44.7 Å². The number of anilines is 2. The van der Waals surface area contributed by atoms with Crippen molar-refractivity contribution in [2.24, 2.45) is 22.1 Å². The Balaban J connectivity index is 1.52. The van der Waals surface area contributed by atoms with E-state index in [1.165, 1.54) is 0 Å². The molecule has 1 aromatic heterocycles. The highest BCUT2D eigenvalue weighted by molar-refractivity contribution is 6.30. The number of amides is 1. The number of carbonyl (C=O) groups is 1. The molecule has 0 spiro atoms. The first kappa shape index (κ1) is 23.7. The number of halogens is 1. The van der Waals surface area contributed by atoms with E-state index in [2.05, 4.69) is 29.2 Å². The topological polar surface area (TPSA) is 97.8 Å². The lowest BCUT2D eigenvalue weighted by molar-refractivity contribution is -0.118. The van der Waals surface area contributed by atoms with Crippen LogP contribution in [0.4, 0.5) is 11.5 Å². The van der Waals surface area contributed by atoms with Crippen LogP contribution in [-0.4, -0.2) is 66.7 Å². The lowest BCUT2D eigenvalue weighted by atomic mass is 9.80. The molecule has 1 saturated carbocycles. The highest BCUT2D eigenvalue weighted by Gasteiger charge is 2.39. The number of carbonyl (C=O) groups excluding carboxylic acids is 1. The predicted octanol–water partition coefficient (Wildman–Crippen LogP) is 3.76.